The van der Waals surface area contributed by atoms with Gasteiger partial charge >= 0.3 is 0 Å². The van der Waals surface area contributed by atoms with Crippen LogP contribution in [0.15, 0.2) is 0 Å². The lowest BCUT2D eigenvalue weighted by atomic mass is 9.66. The lowest BCUT2D eigenvalue weighted by Gasteiger charge is -2.39. The molecule has 1 nitrogen and oxygen atoms in total. The molecule has 1 aliphatic rings. The molecule has 2 unspecified atom stereocenters. The van der Waals surface area contributed by atoms with E-state index in [-0.39, 0.29) is 0 Å². The number of carbonyl (C=O) groups is 1. The van der Waals surface area contributed by atoms with E-state index in [0.29, 0.717) is 0 Å². The average molecular weight is 182 g/mol. The van der Waals surface area contributed by atoms with Crippen LogP contribution in [0.4, 0.5) is 0 Å². The molecule has 13 heavy (non-hydrogen) atoms. The largest absolute Gasteiger partial charge is 0.303 e. The van der Waals surface area contributed by atoms with E-state index < -0.39 is 0 Å². The summed E-state index contributed by atoms with van der Waals surface area (Å²) in [7, 11) is 0. The summed E-state index contributed by atoms with van der Waals surface area (Å²) in [5.41, 5.74) is 0. The van der Waals surface area contributed by atoms with Crippen molar-refractivity contribution in [2.75, 3.05) is 0 Å². The van der Waals surface area contributed by atoms with Crippen molar-refractivity contribution in [3.8, 4) is 0 Å². The van der Waals surface area contributed by atoms with Crippen LogP contribution in [-0.4, -0.2) is 6.29 Å². The highest BCUT2D eigenvalue weighted by Gasteiger charge is 2.31. The molecule has 0 spiro atoms. The molecule has 0 bridgehead atoms. The SMILES string of the molecule is CC(C)C1CCC1CCCCC=O. The lowest BCUT2D eigenvalue weighted by molar-refractivity contribution is -0.107. The third kappa shape index (κ3) is 3.13. The van der Waals surface area contributed by atoms with Crippen LogP contribution in [0.5, 0.6) is 0 Å². The summed E-state index contributed by atoms with van der Waals surface area (Å²) in [6.07, 6.45) is 8.40. The van der Waals surface area contributed by atoms with Crippen molar-refractivity contribution in [2.24, 2.45) is 17.8 Å². The minimum absolute atomic E-state index is 0.763. The summed E-state index contributed by atoms with van der Waals surface area (Å²) in [5, 5.41) is 0. The smallest absolute Gasteiger partial charge is 0.119 e. The van der Waals surface area contributed by atoms with Gasteiger partial charge in [-0.2, -0.15) is 0 Å². The Bertz CT molecular complexity index is 151. The number of aldehydes is 1. The van der Waals surface area contributed by atoms with Crippen LogP contribution in [0.2, 0.25) is 0 Å². The lowest BCUT2D eigenvalue weighted by Crippen LogP contribution is -2.29. The second-order valence-corrected chi connectivity index (χ2v) is 4.70. The molecule has 1 heteroatoms. The molecule has 76 valence electrons. The maximum absolute atomic E-state index is 10.1. The molecule has 0 amide bonds. The van der Waals surface area contributed by atoms with Gasteiger partial charge in [0.1, 0.15) is 6.29 Å². The fraction of sp³-hybridized carbons (Fsp3) is 0.917. The highest BCUT2D eigenvalue weighted by molar-refractivity contribution is 5.48. The maximum atomic E-state index is 10.1. The Hall–Kier alpha value is -0.330. The summed E-state index contributed by atoms with van der Waals surface area (Å²) in [5.74, 6) is 2.83. The standard InChI is InChI=1S/C12H22O/c1-10(2)12-8-7-11(12)6-4-3-5-9-13/h9-12H,3-8H2,1-2H3. The normalized spacial score (nSPS) is 27.3. The zero-order valence-corrected chi connectivity index (χ0v) is 8.96. The molecule has 0 aromatic carbocycles. The highest BCUT2D eigenvalue weighted by atomic mass is 16.1. The Labute approximate surface area is 81.9 Å². The first kappa shape index (κ1) is 10.7. The molecule has 0 N–H and O–H groups in total. The first-order chi connectivity index (χ1) is 6.25. The number of rotatable bonds is 6. The van der Waals surface area contributed by atoms with Crippen molar-refractivity contribution in [1.82, 2.24) is 0 Å². The van der Waals surface area contributed by atoms with Gasteiger partial charge in [0.25, 0.3) is 0 Å². The average Bonchev–Trinajstić information content (AvgIpc) is 2.01. The molecule has 1 saturated carbocycles. The molecule has 0 aliphatic heterocycles. The van der Waals surface area contributed by atoms with E-state index in [2.05, 4.69) is 13.8 Å². The number of hydrogen-bond donors (Lipinski definition) is 0. The Morgan fingerprint density at radius 3 is 2.54 bits per heavy atom. The van der Waals surface area contributed by atoms with Crippen LogP contribution in [0, 0.1) is 17.8 Å². The molecule has 0 aromatic heterocycles. The van der Waals surface area contributed by atoms with E-state index in [1.165, 1.54) is 25.7 Å². The quantitative estimate of drug-likeness (QED) is 0.454. The van der Waals surface area contributed by atoms with E-state index in [9.17, 15) is 4.79 Å². The molecular weight excluding hydrogens is 160 g/mol. The maximum Gasteiger partial charge on any atom is 0.119 e. The first-order valence-corrected chi connectivity index (χ1v) is 5.69. The summed E-state index contributed by atoms with van der Waals surface area (Å²) in [4.78, 5) is 10.1. The molecule has 1 rings (SSSR count). The van der Waals surface area contributed by atoms with Gasteiger partial charge in [-0.15, -0.1) is 0 Å². The Morgan fingerprint density at radius 2 is 2.08 bits per heavy atom. The Morgan fingerprint density at radius 1 is 1.31 bits per heavy atom. The molecule has 0 saturated heterocycles. The van der Waals surface area contributed by atoms with Crippen molar-refractivity contribution < 1.29 is 4.79 Å². The predicted molar refractivity (Wildman–Crippen MR) is 55.6 cm³/mol. The van der Waals surface area contributed by atoms with E-state index in [1.807, 2.05) is 0 Å². The zero-order chi connectivity index (χ0) is 9.68. The summed E-state index contributed by atoms with van der Waals surface area (Å²) in [6, 6.07) is 0. The summed E-state index contributed by atoms with van der Waals surface area (Å²) < 4.78 is 0. The fourth-order valence-corrected chi connectivity index (χ4v) is 2.47. The van der Waals surface area contributed by atoms with E-state index in [4.69, 9.17) is 0 Å². The zero-order valence-electron chi connectivity index (χ0n) is 8.96. The highest BCUT2D eigenvalue weighted by Crippen LogP contribution is 2.42. The van der Waals surface area contributed by atoms with Crippen LogP contribution >= 0.6 is 0 Å². The number of hydrogen-bond acceptors (Lipinski definition) is 1. The molecule has 0 radical (unpaired) electrons. The van der Waals surface area contributed by atoms with Gasteiger partial charge in [-0.05, 0) is 37.0 Å². The van der Waals surface area contributed by atoms with Crippen molar-refractivity contribution in [2.45, 2.75) is 52.4 Å². The van der Waals surface area contributed by atoms with Gasteiger partial charge in [0.15, 0.2) is 0 Å². The van der Waals surface area contributed by atoms with Gasteiger partial charge in [-0.1, -0.05) is 26.7 Å². The van der Waals surface area contributed by atoms with Gasteiger partial charge in [-0.3, -0.25) is 0 Å². The van der Waals surface area contributed by atoms with Gasteiger partial charge in [-0.25, -0.2) is 0 Å². The van der Waals surface area contributed by atoms with Crippen LogP contribution in [0.25, 0.3) is 0 Å². The molecule has 2 atom stereocenters. The summed E-state index contributed by atoms with van der Waals surface area (Å²) >= 11 is 0. The van der Waals surface area contributed by atoms with Crippen molar-refractivity contribution in [3.63, 3.8) is 0 Å². The van der Waals surface area contributed by atoms with E-state index in [0.717, 1.165) is 36.9 Å². The molecule has 1 aliphatic carbocycles. The summed E-state index contributed by atoms with van der Waals surface area (Å²) in [6.45, 7) is 4.67. The Balaban J connectivity index is 2.05. The van der Waals surface area contributed by atoms with Gasteiger partial charge < -0.3 is 4.79 Å². The van der Waals surface area contributed by atoms with Crippen molar-refractivity contribution in [3.05, 3.63) is 0 Å². The number of carbonyl (C=O) groups excluding carboxylic acids is 1. The predicted octanol–water partition coefficient (Wildman–Crippen LogP) is 3.43. The van der Waals surface area contributed by atoms with Crippen molar-refractivity contribution >= 4 is 6.29 Å². The van der Waals surface area contributed by atoms with Gasteiger partial charge in [0.05, 0.1) is 0 Å². The Kier molecular flexibility index (Phi) is 4.47. The second kappa shape index (κ2) is 5.41. The minimum Gasteiger partial charge on any atom is -0.303 e. The van der Waals surface area contributed by atoms with Crippen LogP contribution in [0.3, 0.4) is 0 Å². The second-order valence-electron chi connectivity index (χ2n) is 4.70. The molecule has 0 aromatic rings. The monoisotopic (exact) mass is 182 g/mol. The minimum atomic E-state index is 0.763. The van der Waals surface area contributed by atoms with Crippen LogP contribution in [0.1, 0.15) is 52.4 Å². The third-order valence-electron chi connectivity index (χ3n) is 3.48. The van der Waals surface area contributed by atoms with Gasteiger partial charge in [0, 0.05) is 6.42 Å². The topological polar surface area (TPSA) is 17.1 Å². The van der Waals surface area contributed by atoms with Crippen LogP contribution in [-0.2, 0) is 4.79 Å². The third-order valence-corrected chi connectivity index (χ3v) is 3.48. The number of unbranched alkanes of at least 4 members (excludes halogenated alkanes) is 2. The molecular formula is C12H22O. The fourth-order valence-electron chi connectivity index (χ4n) is 2.47. The molecule has 0 heterocycles. The van der Waals surface area contributed by atoms with Gasteiger partial charge in [0.2, 0.25) is 0 Å². The van der Waals surface area contributed by atoms with Crippen LogP contribution < -0.4 is 0 Å². The first-order valence-electron chi connectivity index (χ1n) is 5.69. The van der Waals surface area contributed by atoms with E-state index >= 15 is 0 Å². The molecule has 1 fully saturated rings. The van der Waals surface area contributed by atoms with E-state index in [1.54, 1.807) is 0 Å². The van der Waals surface area contributed by atoms with Crippen molar-refractivity contribution in [1.29, 1.82) is 0 Å².